The van der Waals surface area contributed by atoms with Crippen LogP contribution in [0.1, 0.15) is 6.92 Å². The van der Waals surface area contributed by atoms with Crippen molar-refractivity contribution in [2.24, 2.45) is 16.6 Å². The lowest BCUT2D eigenvalue weighted by atomic mass is 10.1. The molecule has 0 saturated carbocycles. The Morgan fingerprint density at radius 2 is 2.38 bits per heavy atom. The van der Waals surface area contributed by atoms with Crippen LogP contribution in [0.3, 0.4) is 0 Å². The minimum Gasteiger partial charge on any atom is -0.405 e. The number of amides is 1. The fourth-order valence-corrected chi connectivity index (χ4v) is 2.30. The number of halogens is 1. The number of hydrogen-bond donors (Lipinski definition) is 1. The van der Waals surface area contributed by atoms with E-state index in [2.05, 4.69) is 15.1 Å². The van der Waals surface area contributed by atoms with Crippen LogP contribution >= 0.6 is 11.6 Å². The molecule has 126 valence electrons. The number of aliphatic imine (C=N–C) groups is 1. The second kappa shape index (κ2) is 8.26. The maximum absolute atomic E-state index is 12.5. The molecule has 0 aromatic carbocycles. The highest BCUT2D eigenvalue weighted by Gasteiger charge is 2.22. The van der Waals surface area contributed by atoms with Gasteiger partial charge in [-0.3, -0.25) is 14.8 Å². The van der Waals surface area contributed by atoms with Crippen LogP contribution in [0.4, 0.5) is 5.69 Å². The first-order valence-corrected chi connectivity index (χ1v) is 7.72. The van der Waals surface area contributed by atoms with Crippen LogP contribution in [-0.2, 0) is 4.79 Å². The normalized spacial score (nSPS) is 12.8. The summed E-state index contributed by atoms with van der Waals surface area (Å²) in [6, 6.07) is 3.65. The van der Waals surface area contributed by atoms with Crippen LogP contribution in [0.15, 0.2) is 48.0 Å². The first-order valence-electron chi connectivity index (χ1n) is 7.34. The van der Waals surface area contributed by atoms with Crippen molar-refractivity contribution in [2.75, 3.05) is 18.5 Å². The van der Waals surface area contributed by atoms with Crippen LogP contribution in [0.25, 0.3) is 5.69 Å². The number of hydrogen-bond acceptors (Lipinski definition) is 5. The number of allylic oxidation sites excluding steroid dienone is 1. The number of rotatable bonds is 6. The fourth-order valence-electron chi connectivity index (χ4n) is 2.05. The first kappa shape index (κ1) is 17.7. The zero-order valence-electron chi connectivity index (χ0n) is 13.5. The number of anilines is 1. The summed E-state index contributed by atoms with van der Waals surface area (Å²) in [5.41, 5.74) is 6.51. The first-order chi connectivity index (χ1) is 11.5. The Morgan fingerprint density at radius 3 is 3.04 bits per heavy atom. The van der Waals surface area contributed by atoms with Crippen molar-refractivity contribution in [3.8, 4) is 5.69 Å². The van der Waals surface area contributed by atoms with E-state index >= 15 is 0 Å². The van der Waals surface area contributed by atoms with Gasteiger partial charge in [-0.1, -0.05) is 18.5 Å². The highest BCUT2D eigenvalue weighted by Crippen LogP contribution is 2.26. The number of nitrogens with two attached hydrogens (primary N) is 1. The standard InChI is InChI=1S/C16H19ClN6O/c1-12(9-19-8-4-6-18)16(24)22(2)14-11-23(21-15(14)17)13-5-3-7-20-10-13/h3-8,10-12H,9,18H2,1-2H3/b6-4-,19-8?. The van der Waals surface area contributed by atoms with Gasteiger partial charge in [0, 0.05) is 19.5 Å². The largest absolute Gasteiger partial charge is 0.405 e. The predicted octanol–water partition coefficient (Wildman–Crippen LogP) is 2.06. The number of aromatic nitrogens is 3. The molecule has 0 radical (unpaired) electrons. The molecular formula is C16H19ClN6O. The van der Waals surface area contributed by atoms with Gasteiger partial charge in [0.2, 0.25) is 5.91 Å². The van der Waals surface area contributed by atoms with E-state index in [0.717, 1.165) is 5.69 Å². The van der Waals surface area contributed by atoms with E-state index in [4.69, 9.17) is 17.3 Å². The van der Waals surface area contributed by atoms with E-state index in [-0.39, 0.29) is 17.0 Å². The van der Waals surface area contributed by atoms with Gasteiger partial charge in [0.05, 0.1) is 30.5 Å². The summed E-state index contributed by atoms with van der Waals surface area (Å²) in [4.78, 5) is 22.2. The topological polar surface area (TPSA) is 89.4 Å². The smallest absolute Gasteiger partial charge is 0.231 e. The maximum Gasteiger partial charge on any atom is 0.231 e. The molecule has 8 heteroatoms. The van der Waals surface area contributed by atoms with E-state index < -0.39 is 0 Å². The van der Waals surface area contributed by atoms with Gasteiger partial charge in [0.15, 0.2) is 5.15 Å². The second-order valence-electron chi connectivity index (χ2n) is 5.16. The van der Waals surface area contributed by atoms with Gasteiger partial charge in [0.25, 0.3) is 0 Å². The number of nitrogens with zero attached hydrogens (tertiary/aromatic N) is 5. The van der Waals surface area contributed by atoms with Gasteiger partial charge >= 0.3 is 0 Å². The summed E-state index contributed by atoms with van der Waals surface area (Å²) in [5.74, 6) is -0.397. The molecule has 0 aliphatic rings. The molecule has 0 spiro atoms. The Kier molecular flexibility index (Phi) is 6.08. The van der Waals surface area contributed by atoms with Crippen molar-refractivity contribution in [3.63, 3.8) is 0 Å². The van der Waals surface area contributed by atoms with E-state index in [1.165, 1.54) is 11.1 Å². The molecule has 2 heterocycles. The lowest BCUT2D eigenvalue weighted by Gasteiger charge is -2.19. The van der Waals surface area contributed by atoms with E-state index in [9.17, 15) is 4.79 Å². The Morgan fingerprint density at radius 1 is 1.58 bits per heavy atom. The molecular weight excluding hydrogens is 328 g/mol. The van der Waals surface area contributed by atoms with Crippen LogP contribution in [0.5, 0.6) is 0 Å². The molecule has 24 heavy (non-hydrogen) atoms. The van der Waals surface area contributed by atoms with Gasteiger partial charge in [-0.25, -0.2) is 4.68 Å². The van der Waals surface area contributed by atoms with Crippen LogP contribution < -0.4 is 10.6 Å². The van der Waals surface area contributed by atoms with Gasteiger partial charge < -0.3 is 10.6 Å². The Labute approximate surface area is 145 Å². The molecule has 0 aliphatic carbocycles. The molecule has 2 rings (SSSR count). The van der Waals surface area contributed by atoms with E-state index in [0.29, 0.717) is 12.2 Å². The highest BCUT2D eigenvalue weighted by molar-refractivity contribution is 6.32. The molecule has 0 fully saturated rings. The van der Waals surface area contributed by atoms with Crippen molar-refractivity contribution in [3.05, 3.63) is 48.2 Å². The molecule has 0 saturated heterocycles. The average molecular weight is 347 g/mol. The summed E-state index contributed by atoms with van der Waals surface area (Å²) in [6.45, 7) is 2.17. The van der Waals surface area contributed by atoms with Gasteiger partial charge in [-0.15, -0.1) is 0 Å². The summed E-state index contributed by atoms with van der Waals surface area (Å²) in [7, 11) is 1.67. The molecule has 2 aromatic heterocycles. The lowest BCUT2D eigenvalue weighted by molar-refractivity contribution is -0.121. The third-order valence-electron chi connectivity index (χ3n) is 3.36. The fraction of sp³-hybridized carbons (Fsp3) is 0.250. The monoisotopic (exact) mass is 346 g/mol. The second-order valence-corrected chi connectivity index (χ2v) is 5.52. The molecule has 7 nitrogen and oxygen atoms in total. The molecule has 1 unspecified atom stereocenters. The molecule has 1 atom stereocenters. The molecule has 0 bridgehead atoms. The zero-order valence-corrected chi connectivity index (χ0v) is 14.3. The van der Waals surface area contributed by atoms with Crippen molar-refractivity contribution in [2.45, 2.75) is 6.92 Å². The summed E-state index contributed by atoms with van der Waals surface area (Å²) in [6.07, 6.45) is 9.59. The Bertz CT molecular complexity index is 740. The summed E-state index contributed by atoms with van der Waals surface area (Å²) in [5, 5.41) is 4.47. The SMILES string of the molecule is CC(CN=C/C=C\N)C(=O)N(C)c1cn(-c2cccnc2)nc1Cl. The van der Waals surface area contributed by atoms with Crippen molar-refractivity contribution >= 4 is 29.4 Å². The highest BCUT2D eigenvalue weighted by atomic mass is 35.5. The van der Waals surface area contributed by atoms with E-state index in [1.54, 1.807) is 48.7 Å². The van der Waals surface area contributed by atoms with Crippen LogP contribution in [0.2, 0.25) is 5.15 Å². The summed E-state index contributed by atoms with van der Waals surface area (Å²) >= 11 is 6.19. The quantitative estimate of drug-likeness (QED) is 0.811. The Balaban J connectivity index is 2.13. The third-order valence-corrected chi connectivity index (χ3v) is 3.63. The Hall–Kier alpha value is -2.67. The van der Waals surface area contributed by atoms with Crippen LogP contribution in [-0.4, -0.2) is 40.5 Å². The third kappa shape index (κ3) is 4.20. The van der Waals surface area contributed by atoms with Crippen molar-refractivity contribution in [1.82, 2.24) is 14.8 Å². The van der Waals surface area contributed by atoms with Gasteiger partial charge in [0.1, 0.15) is 5.69 Å². The predicted molar refractivity (Wildman–Crippen MR) is 95.6 cm³/mol. The number of pyridine rings is 1. The molecule has 1 amide bonds. The minimum atomic E-state index is -0.296. The lowest BCUT2D eigenvalue weighted by Crippen LogP contribution is -2.32. The zero-order chi connectivity index (χ0) is 17.5. The minimum absolute atomic E-state index is 0.100. The molecule has 0 aliphatic heterocycles. The van der Waals surface area contributed by atoms with Gasteiger partial charge in [-0.2, -0.15) is 5.10 Å². The van der Waals surface area contributed by atoms with Crippen LogP contribution in [0, 0.1) is 5.92 Å². The maximum atomic E-state index is 12.5. The van der Waals surface area contributed by atoms with Crippen molar-refractivity contribution in [1.29, 1.82) is 0 Å². The summed E-state index contributed by atoms with van der Waals surface area (Å²) < 4.78 is 1.59. The number of carbonyl (C=O) groups is 1. The number of carbonyl (C=O) groups excluding carboxylic acids is 1. The molecule has 2 N–H and O–H groups in total. The van der Waals surface area contributed by atoms with Crippen molar-refractivity contribution < 1.29 is 4.79 Å². The average Bonchev–Trinajstić information content (AvgIpc) is 2.99. The molecule has 2 aromatic rings. The van der Waals surface area contributed by atoms with E-state index in [1.807, 2.05) is 13.0 Å². The van der Waals surface area contributed by atoms with Gasteiger partial charge in [-0.05, 0) is 24.4 Å².